The SMILES string of the molecule is COC(=O)[C@@]12CN(Cc3ccccc3)C[C@@H]1c1ccccc12. The van der Waals surface area contributed by atoms with E-state index in [0.717, 1.165) is 25.2 Å². The minimum absolute atomic E-state index is 0.0910. The van der Waals surface area contributed by atoms with Crippen LogP contribution in [-0.4, -0.2) is 31.1 Å². The largest absolute Gasteiger partial charge is 0.468 e. The Morgan fingerprint density at radius 2 is 1.91 bits per heavy atom. The van der Waals surface area contributed by atoms with Gasteiger partial charge in [0.1, 0.15) is 5.41 Å². The molecule has 0 saturated carbocycles. The summed E-state index contributed by atoms with van der Waals surface area (Å²) in [4.78, 5) is 14.9. The molecule has 0 aromatic heterocycles. The number of carbonyl (C=O) groups is 1. The van der Waals surface area contributed by atoms with Crippen molar-refractivity contribution in [3.63, 3.8) is 0 Å². The fourth-order valence-corrected chi connectivity index (χ4v) is 4.17. The maximum Gasteiger partial charge on any atom is 0.318 e. The number of carbonyl (C=O) groups excluding carboxylic acids is 1. The van der Waals surface area contributed by atoms with Crippen LogP contribution in [0.15, 0.2) is 54.6 Å². The standard InChI is InChI=1S/C19H19NO2/c1-22-18(21)19-13-20(11-14-7-3-2-4-8-14)12-17(19)15-9-5-6-10-16(15)19/h2-10,17H,11-13H2,1H3/t17-,19-/m1/s1. The Balaban J connectivity index is 1.65. The lowest BCUT2D eigenvalue weighted by atomic mass is 9.58. The van der Waals surface area contributed by atoms with Crippen LogP contribution in [0, 0.1) is 0 Å². The first-order valence-corrected chi connectivity index (χ1v) is 7.70. The fraction of sp³-hybridized carbons (Fsp3) is 0.316. The molecule has 0 N–H and O–H groups in total. The van der Waals surface area contributed by atoms with Gasteiger partial charge in [-0.2, -0.15) is 0 Å². The van der Waals surface area contributed by atoms with E-state index in [4.69, 9.17) is 4.74 Å². The molecule has 1 aliphatic heterocycles. The van der Waals surface area contributed by atoms with E-state index in [0.29, 0.717) is 0 Å². The molecule has 2 aromatic rings. The molecule has 0 bridgehead atoms. The van der Waals surface area contributed by atoms with Gasteiger partial charge in [0.25, 0.3) is 0 Å². The number of benzene rings is 2. The van der Waals surface area contributed by atoms with Gasteiger partial charge >= 0.3 is 5.97 Å². The predicted molar refractivity (Wildman–Crippen MR) is 84.6 cm³/mol. The summed E-state index contributed by atoms with van der Waals surface area (Å²) in [5, 5.41) is 0. The van der Waals surface area contributed by atoms with Crippen LogP contribution in [0.4, 0.5) is 0 Å². The molecule has 112 valence electrons. The monoisotopic (exact) mass is 293 g/mol. The van der Waals surface area contributed by atoms with Crippen LogP contribution in [0.3, 0.4) is 0 Å². The van der Waals surface area contributed by atoms with Crippen molar-refractivity contribution in [3.8, 4) is 0 Å². The lowest BCUT2D eigenvalue weighted by Crippen LogP contribution is -2.50. The molecule has 0 spiro atoms. The first kappa shape index (κ1) is 13.5. The van der Waals surface area contributed by atoms with Crippen molar-refractivity contribution in [3.05, 3.63) is 71.3 Å². The van der Waals surface area contributed by atoms with Crippen molar-refractivity contribution in [1.82, 2.24) is 4.90 Å². The van der Waals surface area contributed by atoms with Crippen molar-refractivity contribution in [2.24, 2.45) is 0 Å². The third-order valence-corrected chi connectivity index (χ3v) is 5.12. The minimum Gasteiger partial charge on any atom is -0.468 e. The van der Waals surface area contributed by atoms with E-state index in [-0.39, 0.29) is 11.9 Å². The Morgan fingerprint density at radius 1 is 1.18 bits per heavy atom. The van der Waals surface area contributed by atoms with Crippen LogP contribution in [0.5, 0.6) is 0 Å². The smallest absolute Gasteiger partial charge is 0.318 e. The second-order valence-electron chi connectivity index (χ2n) is 6.26. The highest BCUT2D eigenvalue weighted by Crippen LogP contribution is 2.56. The number of ether oxygens (including phenoxy) is 1. The fourth-order valence-electron chi connectivity index (χ4n) is 4.17. The van der Waals surface area contributed by atoms with Crippen LogP contribution < -0.4 is 0 Å². The van der Waals surface area contributed by atoms with Crippen molar-refractivity contribution in [1.29, 1.82) is 0 Å². The number of rotatable bonds is 3. The lowest BCUT2D eigenvalue weighted by molar-refractivity contribution is -0.148. The van der Waals surface area contributed by atoms with Gasteiger partial charge in [0, 0.05) is 25.6 Å². The van der Waals surface area contributed by atoms with Gasteiger partial charge in [0.15, 0.2) is 0 Å². The van der Waals surface area contributed by atoms with Crippen molar-refractivity contribution in [2.75, 3.05) is 20.2 Å². The van der Waals surface area contributed by atoms with Crippen molar-refractivity contribution >= 4 is 5.97 Å². The number of esters is 1. The first-order chi connectivity index (χ1) is 10.8. The molecule has 2 aliphatic rings. The number of nitrogens with zero attached hydrogens (tertiary/aromatic N) is 1. The van der Waals surface area contributed by atoms with Gasteiger partial charge in [-0.15, -0.1) is 0 Å². The van der Waals surface area contributed by atoms with Crippen LogP contribution in [0.25, 0.3) is 0 Å². The van der Waals surface area contributed by atoms with Crippen LogP contribution in [0.2, 0.25) is 0 Å². The Hall–Kier alpha value is -2.13. The highest BCUT2D eigenvalue weighted by atomic mass is 16.5. The van der Waals surface area contributed by atoms with Crippen LogP contribution in [0.1, 0.15) is 22.6 Å². The Labute approximate surface area is 130 Å². The highest BCUT2D eigenvalue weighted by molar-refractivity contribution is 5.90. The van der Waals surface area contributed by atoms with Crippen molar-refractivity contribution in [2.45, 2.75) is 17.9 Å². The molecule has 3 nitrogen and oxygen atoms in total. The topological polar surface area (TPSA) is 29.5 Å². The van der Waals surface area contributed by atoms with E-state index in [9.17, 15) is 4.79 Å². The molecule has 2 atom stereocenters. The van der Waals surface area contributed by atoms with Crippen LogP contribution >= 0.6 is 0 Å². The van der Waals surface area contributed by atoms with Gasteiger partial charge in [-0.1, -0.05) is 54.6 Å². The summed E-state index contributed by atoms with van der Waals surface area (Å²) >= 11 is 0. The quantitative estimate of drug-likeness (QED) is 0.815. The second kappa shape index (κ2) is 4.96. The molecule has 4 rings (SSSR count). The molecule has 2 aromatic carbocycles. The molecular weight excluding hydrogens is 274 g/mol. The predicted octanol–water partition coefficient (Wildman–Crippen LogP) is 2.71. The normalized spacial score (nSPS) is 26.0. The second-order valence-corrected chi connectivity index (χ2v) is 6.26. The molecule has 3 heteroatoms. The zero-order valence-corrected chi connectivity index (χ0v) is 12.7. The van der Waals surface area contributed by atoms with Crippen molar-refractivity contribution < 1.29 is 9.53 Å². The molecule has 0 amide bonds. The average Bonchev–Trinajstić information content (AvgIpc) is 2.88. The van der Waals surface area contributed by atoms with Gasteiger partial charge in [0.05, 0.1) is 7.11 Å². The molecule has 1 aliphatic carbocycles. The van der Waals surface area contributed by atoms with E-state index in [2.05, 4.69) is 47.4 Å². The van der Waals surface area contributed by atoms with Gasteiger partial charge in [0.2, 0.25) is 0 Å². The molecule has 1 heterocycles. The van der Waals surface area contributed by atoms with E-state index < -0.39 is 5.41 Å². The third kappa shape index (κ3) is 1.75. The number of hydrogen-bond acceptors (Lipinski definition) is 3. The Kier molecular flexibility index (Phi) is 3.05. The molecular formula is C19H19NO2. The first-order valence-electron chi connectivity index (χ1n) is 7.70. The molecule has 1 fully saturated rings. The van der Waals surface area contributed by atoms with Gasteiger partial charge in [-0.25, -0.2) is 0 Å². The van der Waals surface area contributed by atoms with Gasteiger partial charge < -0.3 is 4.74 Å². The third-order valence-electron chi connectivity index (χ3n) is 5.12. The lowest BCUT2D eigenvalue weighted by Gasteiger charge is -2.43. The van der Waals surface area contributed by atoms with E-state index >= 15 is 0 Å². The maximum atomic E-state index is 12.5. The number of fused-ring (bicyclic) bond motifs is 4. The minimum atomic E-state index is -0.458. The summed E-state index contributed by atoms with van der Waals surface area (Å²) in [6.45, 7) is 2.54. The number of likely N-dealkylation sites (tertiary alicyclic amines) is 1. The van der Waals surface area contributed by atoms with Gasteiger partial charge in [-0.05, 0) is 16.7 Å². The summed E-state index contributed by atoms with van der Waals surface area (Å²) in [5.41, 5.74) is 3.29. The molecule has 0 radical (unpaired) electrons. The molecule has 22 heavy (non-hydrogen) atoms. The molecule has 1 saturated heterocycles. The summed E-state index contributed by atoms with van der Waals surface area (Å²) in [7, 11) is 1.49. The summed E-state index contributed by atoms with van der Waals surface area (Å²) in [6, 6.07) is 18.7. The van der Waals surface area contributed by atoms with Crippen LogP contribution in [-0.2, 0) is 21.5 Å². The zero-order valence-electron chi connectivity index (χ0n) is 12.7. The summed E-state index contributed by atoms with van der Waals surface area (Å²) in [5.74, 6) is 0.173. The average molecular weight is 293 g/mol. The van der Waals surface area contributed by atoms with Gasteiger partial charge in [-0.3, -0.25) is 9.69 Å². The number of hydrogen-bond donors (Lipinski definition) is 0. The molecule has 0 unspecified atom stereocenters. The Morgan fingerprint density at radius 3 is 2.68 bits per heavy atom. The Bertz CT molecular complexity index is 712. The van der Waals surface area contributed by atoms with E-state index in [1.165, 1.54) is 18.2 Å². The maximum absolute atomic E-state index is 12.5. The summed E-state index contributed by atoms with van der Waals surface area (Å²) in [6.07, 6.45) is 0. The zero-order chi connectivity index (χ0) is 15.2. The number of methoxy groups -OCH3 is 1. The highest BCUT2D eigenvalue weighted by Gasteiger charge is 2.62. The van der Waals surface area contributed by atoms with E-state index in [1.807, 2.05) is 12.1 Å². The summed E-state index contributed by atoms with van der Waals surface area (Å²) < 4.78 is 5.15. The van der Waals surface area contributed by atoms with E-state index in [1.54, 1.807) is 0 Å².